The van der Waals surface area contributed by atoms with Crippen LogP contribution in [0.25, 0.3) is 5.08 Å². The first-order valence-corrected chi connectivity index (χ1v) is 3.78. The largest absolute Gasteiger partial charge is 1.00 e. The fraction of sp³-hybridized carbons (Fsp3) is 0.600. The van der Waals surface area contributed by atoms with E-state index in [0.717, 1.165) is 10.6 Å². The van der Waals surface area contributed by atoms with Gasteiger partial charge in [0.25, 0.3) is 5.39 Å². The van der Waals surface area contributed by atoms with Gasteiger partial charge >= 0.3 is 5.08 Å². The van der Waals surface area contributed by atoms with Crippen LogP contribution in [0, 0.1) is 5.39 Å². The maximum atomic E-state index is 8.45. The molecule has 0 aromatic carbocycles. The van der Waals surface area contributed by atoms with E-state index in [1.165, 1.54) is 16.8 Å². The van der Waals surface area contributed by atoms with Gasteiger partial charge in [-0.1, -0.05) is 11.8 Å². The van der Waals surface area contributed by atoms with Crippen LogP contribution in [0.2, 0.25) is 0 Å². The molecule has 0 aliphatic carbocycles. The monoisotopic (exact) mass is 192 g/mol. The topological polar surface area (TPSA) is 57.4 Å². The second-order valence-electron chi connectivity index (χ2n) is 2.08. The molecule has 0 saturated carbocycles. The normalized spacial score (nSPS) is 23.1. The minimum atomic E-state index is -0.259. The summed E-state index contributed by atoms with van der Waals surface area (Å²) in [5.41, 5.74) is 6.22. The Labute approximate surface area is 75.8 Å². The third-order valence-electron chi connectivity index (χ3n) is 1.49. The van der Waals surface area contributed by atoms with Crippen LogP contribution >= 0.6 is 11.8 Å². The highest BCUT2D eigenvalue weighted by atomic mass is 35.5. The third kappa shape index (κ3) is 1.77. The Morgan fingerprint density at radius 1 is 1.64 bits per heavy atom. The van der Waals surface area contributed by atoms with E-state index in [0.29, 0.717) is 0 Å². The standard InChI is InChI=1S/C5H9N4S.ClH/c1-3-4(2)10-5(6)9(3)8-7;/h5H,6H2,1-2H3;1H/q+1;/p-1. The smallest absolute Gasteiger partial charge is 0.312 e. The molecule has 6 heteroatoms. The summed E-state index contributed by atoms with van der Waals surface area (Å²) in [5, 5.41) is 12.9. The molecule has 4 nitrogen and oxygen atoms in total. The molecule has 0 saturated heterocycles. The molecular formula is C5H9ClN4S. The Kier molecular flexibility index (Phi) is 3.66. The highest BCUT2D eigenvalue weighted by molar-refractivity contribution is 8.03. The average molecular weight is 193 g/mol. The van der Waals surface area contributed by atoms with E-state index in [9.17, 15) is 0 Å². The van der Waals surface area contributed by atoms with Crippen LogP contribution in [0.15, 0.2) is 10.6 Å². The second kappa shape index (κ2) is 3.81. The fourth-order valence-electron chi connectivity index (χ4n) is 0.786. The molecule has 0 fully saturated rings. The van der Waals surface area contributed by atoms with Crippen molar-refractivity contribution in [3.05, 3.63) is 15.7 Å². The van der Waals surface area contributed by atoms with E-state index < -0.39 is 0 Å². The van der Waals surface area contributed by atoms with E-state index in [1.807, 2.05) is 13.8 Å². The van der Waals surface area contributed by atoms with Gasteiger partial charge in [-0.2, -0.15) is 0 Å². The van der Waals surface area contributed by atoms with Crippen LogP contribution < -0.4 is 18.1 Å². The first-order valence-electron chi connectivity index (χ1n) is 2.90. The van der Waals surface area contributed by atoms with Crippen molar-refractivity contribution in [1.29, 1.82) is 5.39 Å². The number of hydrogen-bond acceptors (Lipinski definition) is 4. The van der Waals surface area contributed by atoms with Crippen LogP contribution in [-0.2, 0) is 0 Å². The molecule has 1 unspecified atom stereocenters. The fourth-order valence-corrected chi connectivity index (χ4v) is 1.71. The zero-order valence-electron chi connectivity index (χ0n) is 6.28. The van der Waals surface area contributed by atoms with Crippen molar-refractivity contribution in [3.63, 3.8) is 0 Å². The Bertz CT molecular complexity index is 221. The van der Waals surface area contributed by atoms with Gasteiger partial charge in [-0.05, 0) is 13.8 Å². The molecule has 1 heterocycles. The Morgan fingerprint density at radius 3 is 2.36 bits per heavy atom. The zero-order valence-corrected chi connectivity index (χ0v) is 7.85. The summed E-state index contributed by atoms with van der Waals surface area (Å²) in [7, 11) is 0. The number of rotatable bonds is 0. The minimum Gasteiger partial charge on any atom is -1.00 e. The summed E-state index contributed by atoms with van der Waals surface area (Å²) < 4.78 is 0. The lowest BCUT2D eigenvalue weighted by Crippen LogP contribution is -3.00. The van der Waals surface area contributed by atoms with Crippen molar-refractivity contribution in [3.8, 4) is 0 Å². The van der Waals surface area contributed by atoms with Crippen molar-refractivity contribution < 1.29 is 12.4 Å². The van der Waals surface area contributed by atoms with E-state index in [2.05, 4.69) is 5.08 Å². The SMILES string of the molecule is CC1=C(C)N([N+]#N)C(N)S1.[Cl-]. The summed E-state index contributed by atoms with van der Waals surface area (Å²) in [6.45, 7) is 3.82. The number of hydrogen-bond donors (Lipinski definition) is 1. The van der Waals surface area contributed by atoms with Gasteiger partial charge in [-0.3, -0.25) is 5.73 Å². The number of nitrogens with two attached hydrogens (primary N) is 1. The Hall–Kier alpha value is -0.440. The molecule has 1 aliphatic rings. The van der Waals surface area contributed by atoms with Gasteiger partial charge < -0.3 is 12.4 Å². The van der Waals surface area contributed by atoms with Gasteiger partial charge in [0.05, 0.1) is 0 Å². The van der Waals surface area contributed by atoms with Gasteiger partial charge in [0, 0.05) is 9.91 Å². The van der Waals surface area contributed by atoms with Crippen LogP contribution in [-0.4, -0.2) is 10.5 Å². The van der Waals surface area contributed by atoms with Gasteiger partial charge in [-0.15, -0.1) is 0 Å². The highest BCUT2D eigenvalue weighted by Gasteiger charge is 2.34. The Balaban J connectivity index is 0.000001000. The second-order valence-corrected chi connectivity index (χ2v) is 3.42. The summed E-state index contributed by atoms with van der Waals surface area (Å²) in [6.07, 6.45) is 0. The van der Waals surface area contributed by atoms with Crippen molar-refractivity contribution in [2.45, 2.75) is 19.3 Å². The molecule has 0 aromatic rings. The van der Waals surface area contributed by atoms with Gasteiger partial charge in [-0.25, -0.2) is 0 Å². The highest BCUT2D eigenvalue weighted by Crippen LogP contribution is 2.34. The van der Waals surface area contributed by atoms with Gasteiger partial charge in [0.2, 0.25) is 5.50 Å². The van der Waals surface area contributed by atoms with Crippen molar-refractivity contribution in [2.75, 3.05) is 0 Å². The van der Waals surface area contributed by atoms with Crippen LogP contribution in [0.1, 0.15) is 13.8 Å². The zero-order chi connectivity index (χ0) is 7.72. The first-order chi connectivity index (χ1) is 4.66. The number of nitrogens with zero attached hydrogens (tertiary/aromatic N) is 3. The molecule has 0 spiro atoms. The lowest BCUT2D eigenvalue weighted by molar-refractivity contribution is -0.00000258. The van der Waals surface area contributed by atoms with Gasteiger partial charge in [0.15, 0.2) is 0 Å². The summed E-state index contributed by atoms with van der Waals surface area (Å²) in [5.74, 6) is 0. The lowest BCUT2D eigenvalue weighted by atomic mass is 10.4. The predicted octanol–water partition coefficient (Wildman–Crippen LogP) is -1.70. The summed E-state index contributed by atoms with van der Waals surface area (Å²) >= 11 is 1.49. The molecule has 0 aromatic heterocycles. The molecule has 0 amide bonds. The summed E-state index contributed by atoms with van der Waals surface area (Å²) in [4.78, 5) is 1.10. The third-order valence-corrected chi connectivity index (χ3v) is 2.58. The van der Waals surface area contributed by atoms with E-state index >= 15 is 0 Å². The predicted molar refractivity (Wildman–Crippen MR) is 40.9 cm³/mol. The first kappa shape index (κ1) is 10.6. The maximum absolute atomic E-state index is 8.45. The van der Waals surface area contributed by atoms with Crippen LogP contribution in [0.5, 0.6) is 0 Å². The maximum Gasteiger partial charge on any atom is 0.312 e. The molecule has 1 rings (SSSR count). The molecule has 0 radical (unpaired) electrons. The molecule has 1 atom stereocenters. The molecular weight excluding hydrogens is 184 g/mol. The molecule has 2 N–H and O–H groups in total. The lowest BCUT2D eigenvalue weighted by Gasteiger charge is -1.99. The minimum absolute atomic E-state index is 0. The molecule has 62 valence electrons. The number of diazo groups is 1. The molecule has 1 aliphatic heterocycles. The van der Waals surface area contributed by atoms with Crippen LogP contribution in [0.4, 0.5) is 0 Å². The Morgan fingerprint density at radius 2 is 2.18 bits per heavy atom. The van der Waals surface area contributed by atoms with E-state index in [1.54, 1.807) is 0 Å². The quantitative estimate of drug-likeness (QED) is 0.465. The number of halogens is 1. The van der Waals surface area contributed by atoms with Crippen LogP contribution in [0.3, 0.4) is 0 Å². The molecule has 11 heavy (non-hydrogen) atoms. The van der Waals surface area contributed by atoms with Crippen molar-refractivity contribution >= 4 is 11.8 Å². The average Bonchev–Trinajstić information content (AvgIpc) is 2.09. The van der Waals surface area contributed by atoms with Crippen molar-refractivity contribution in [1.82, 2.24) is 5.01 Å². The van der Waals surface area contributed by atoms with Gasteiger partial charge in [0.1, 0.15) is 5.70 Å². The molecule has 0 bridgehead atoms. The number of thioether (sulfide) groups is 1. The van der Waals surface area contributed by atoms with Crippen molar-refractivity contribution in [2.24, 2.45) is 5.73 Å². The summed E-state index contributed by atoms with van der Waals surface area (Å²) in [6, 6.07) is 0. The van der Waals surface area contributed by atoms with E-state index in [-0.39, 0.29) is 17.9 Å². The number of allylic oxidation sites excluding steroid dienone is 2. The van der Waals surface area contributed by atoms with E-state index in [4.69, 9.17) is 11.1 Å².